The smallest absolute Gasteiger partial charge is 0.330 e. The van der Waals surface area contributed by atoms with E-state index in [0.717, 1.165) is 44.0 Å². The van der Waals surface area contributed by atoms with E-state index < -0.39 is 6.67 Å². The minimum Gasteiger partial charge on any atom is -0.488 e. The summed E-state index contributed by atoms with van der Waals surface area (Å²) in [6.45, 7) is 5.59. The van der Waals surface area contributed by atoms with Crippen molar-refractivity contribution in [2.45, 2.75) is 13.2 Å². The molecule has 0 atom stereocenters. The number of rotatable bonds is 6. The van der Waals surface area contributed by atoms with Gasteiger partial charge in [-0.2, -0.15) is 4.98 Å². The van der Waals surface area contributed by atoms with Crippen LogP contribution in [-0.4, -0.2) is 85.3 Å². The molecule has 4 bridgehead atoms. The minimum absolute atomic E-state index is 0.186. The third kappa shape index (κ3) is 5.96. The van der Waals surface area contributed by atoms with Crippen LogP contribution in [0, 0.1) is 0 Å². The second-order valence-electron chi connectivity index (χ2n) is 10.1. The fraction of sp³-hybridized carbons (Fsp3) is 0.393. The Morgan fingerprint density at radius 3 is 2.88 bits per heavy atom. The van der Waals surface area contributed by atoms with Gasteiger partial charge in [-0.3, -0.25) is 14.7 Å². The van der Waals surface area contributed by atoms with E-state index in [-0.39, 0.29) is 25.7 Å². The van der Waals surface area contributed by atoms with Crippen molar-refractivity contribution in [3.63, 3.8) is 0 Å². The Morgan fingerprint density at radius 2 is 2.05 bits per heavy atom. The van der Waals surface area contributed by atoms with E-state index in [1.165, 1.54) is 16.2 Å². The Hall–Kier alpha value is -3.45. The number of thiophene rings is 1. The Bertz CT molecular complexity index is 1450. The normalized spacial score (nSPS) is 18.6. The van der Waals surface area contributed by atoms with Crippen LogP contribution >= 0.6 is 22.9 Å². The van der Waals surface area contributed by atoms with Gasteiger partial charge in [0.25, 0.3) is 0 Å². The van der Waals surface area contributed by atoms with Crippen molar-refractivity contribution in [2.24, 2.45) is 0 Å². The summed E-state index contributed by atoms with van der Waals surface area (Å²) < 4.78 is 26.3. The van der Waals surface area contributed by atoms with Crippen molar-refractivity contribution < 1.29 is 18.7 Å². The number of likely N-dealkylation sites (N-methyl/N-ethyl adjacent to an activating group) is 1. The van der Waals surface area contributed by atoms with Crippen molar-refractivity contribution >= 4 is 52.1 Å². The molecule has 13 heteroatoms. The van der Waals surface area contributed by atoms with Crippen molar-refractivity contribution in [3.05, 3.63) is 57.4 Å². The summed E-state index contributed by atoms with van der Waals surface area (Å²) in [5, 5.41) is 4.86. The summed E-state index contributed by atoms with van der Waals surface area (Å²) >= 11 is 7.60. The fourth-order valence-corrected chi connectivity index (χ4v) is 6.17. The van der Waals surface area contributed by atoms with E-state index in [4.69, 9.17) is 26.1 Å². The Labute approximate surface area is 246 Å². The van der Waals surface area contributed by atoms with Crippen LogP contribution in [0.15, 0.2) is 41.9 Å². The molecule has 10 nitrogen and oxygen atoms in total. The summed E-state index contributed by atoms with van der Waals surface area (Å²) in [6, 6.07) is 5.29. The molecule has 5 heterocycles. The molecule has 6 rings (SSSR count). The number of aromatic nitrogens is 2. The van der Waals surface area contributed by atoms with Crippen LogP contribution in [0.25, 0.3) is 0 Å². The van der Waals surface area contributed by atoms with Gasteiger partial charge in [0.2, 0.25) is 5.95 Å². The average Bonchev–Trinajstić information content (AvgIpc) is 3.35. The van der Waals surface area contributed by atoms with Crippen LogP contribution in [-0.2, 0) is 13.2 Å². The molecule has 2 amide bonds. The molecule has 3 aliphatic heterocycles. The molecule has 0 radical (unpaired) electrons. The van der Waals surface area contributed by atoms with Crippen LogP contribution in [0.4, 0.5) is 32.3 Å². The molecule has 3 aromatic rings. The number of nitrogens with zero attached hydrogens (tertiary/aromatic N) is 6. The number of halogens is 2. The average molecular weight is 600 g/mol. The number of benzene rings is 1. The number of amides is 2. The summed E-state index contributed by atoms with van der Waals surface area (Å²) in [4.78, 5) is 30.6. The Kier molecular flexibility index (Phi) is 8.24. The van der Waals surface area contributed by atoms with E-state index in [1.54, 1.807) is 16.5 Å². The maximum Gasteiger partial charge on any atom is 0.330 e. The minimum atomic E-state index is -0.716. The molecule has 1 fully saturated rings. The van der Waals surface area contributed by atoms with Crippen LogP contribution in [0.1, 0.15) is 11.1 Å². The predicted octanol–water partition coefficient (Wildman–Crippen LogP) is 4.93. The summed E-state index contributed by atoms with van der Waals surface area (Å²) in [5.74, 6) is 2.09. The van der Waals surface area contributed by atoms with E-state index in [0.29, 0.717) is 45.5 Å². The number of nitrogens with one attached hydrogen (secondary N) is 1. The summed E-state index contributed by atoms with van der Waals surface area (Å²) in [5.41, 5.74) is 2.23. The van der Waals surface area contributed by atoms with Gasteiger partial charge in [0.15, 0.2) is 11.5 Å². The second kappa shape index (κ2) is 12.2. The van der Waals surface area contributed by atoms with Crippen LogP contribution < -0.4 is 24.6 Å². The number of fused-ring (bicyclic) bond motifs is 3. The second-order valence-corrected chi connectivity index (χ2v) is 11.6. The van der Waals surface area contributed by atoms with Crippen LogP contribution in [0.3, 0.4) is 0 Å². The number of alkyl halides is 1. The molecule has 0 unspecified atom stereocenters. The number of hydrogen-bond donors (Lipinski definition) is 1. The standard InChI is InChI=1S/C28H31ClFN7O3S/c1-34-7-9-35(10-8-34)11-13-40-22-5-4-21-14-23(22)39-12-3-2-6-36-26-20(16-31-27(32-21)33-26)17-37(28(36)38)24-19(15-30)18-41-25(24)29/h2-5,14,16,18H,6-13,15,17H2,1H3,(H,31,32,33)/b3-2+. The predicted molar refractivity (Wildman–Crippen MR) is 159 cm³/mol. The van der Waals surface area contributed by atoms with E-state index in [2.05, 4.69) is 27.1 Å². The molecule has 1 N–H and O–H groups in total. The number of piperazine rings is 1. The number of hydrogen-bond acceptors (Lipinski definition) is 9. The van der Waals surface area contributed by atoms with Crippen LogP contribution in [0.5, 0.6) is 11.5 Å². The SMILES string of the molecule is CN1CCN(CCOc2ccc3cc2OC/C=C/CN2C(=O)N(c4c(CF)csc4Cl)Cc4cnc(nc42)N3)CC1. The van der Waals surface area contributed by atoms with Gasteiger partial charge in [0.1, 0.15) is 30.0 Å². The lowest BCUT2D eigenvalue weighted by atomic mass is 10.2. The highest BCUT2D eigenvalue weighted by Crippen LogP contribution is 2.41. The summed E-state index contributed by atoms with van der Waals surface area (Å²) in [7, 11) is 2.14. The zero-order chi connectivity index (χ0) is 28.3. The number of urea groups is 1. The lowest BCUT2D eigenvalue weighted by molar-refractivity contribution is 0.132. The molecule has 1 aromatic carbocycles. The van der Waals surface area contributed by atoms with Gasteiger partial charge < -0.3 is 19.7 Å². The van der Waals surface area contributed by atoms with Gasteiger partial charge in [-0.05, 0) is 25.3 Å². The molecule has 0 saturated carbocycles. The number of carbonyl (C=O) groups is 1. The molecular formula is C28H31ClFN7O3S. The highest BCUT2D eigenvalue weighted by molar-refractivity contribution is 7.15. The Morgan fingerprint density at radius 1 is 1.20 bits per heavy atom. The highest BCUT2D eigenvalue weighted by Gasteiger charge is 2.35. The summed E-state index contributed by atoms with van der Waals surface area (Å²) in [6.07, 6.45) is 5.38. The first-order chi connectivity index (χ1) is 20.0. The topological polar surface area (TPSA) is 86.3 Å². The largest absolute Gasteiger partial charge is 0.488 e. The van der Waals surface area contributed by atoms with Gasteiger partial charge >= 0.3 is 6.03 Å². The number of carbonyl (C=O) groups excluding carboxylic acids is 1. The van der Waals surface area contributed by atoms with Gasteiger partial charge in [0.05, 0.1) is 12.2 Å². The molecule has 1 saturated heterocycles. The fourth-order valence-electron chi connectivity index (χ4n) is 5.04. The third-order valence-corrected chi connectivity index (χ3v) is 8.60. The van der Waals surface area contributed by atoms with Crippen molar-refractivity contribution in [3.8, 4) is 11.5 Å². The zero-order valence-corrected chi connectivity index (χ0v) is 24.3. The molecule has 216 valence electrons. The number of anilines is 4. The first kappa shape index (κ1) is 27.7. The molecule has 41 heavy (non-hydrogen) atoms. The lowest BCUT2D eigenvalue weighted by Gasteiger charge is -2.35. The van der Waals surface area contributed by atoms with E-state index in [9.17, 15) is 9.18 Å². The van der Waals surface area contributed by atoms with Gasteiger partial charge in [-0.1, -0.05) is 17.7 Å². The number of ether oxygens (including phenoxy) is 2. The van der Waals surface area contributed by atoms with Gasteiger partial charge in [-0.25, -0.2) is 14.2 Å². The molecular weight excluding hydrogens is 569 g/mol. The van der Waals surface area contributed by atoms with E-state index >= 15 is 0 Å². The molecule has 2 aromatic heterocycles. The third-order valence-electron chi connectivity index (χ3n) is 7.35. The first-order valence-corrected chi connectivity index (χ1v) is 14.7. The molecule has 0 spiro atoms. The zero-order valence-electron chi connectivity index (χ0n) is 22.7. The van der Waals surface area contributed by atoms with E-state index in [1.807, 2.05) is 30.4 Å². The van der Waals surface area contributed by atoms with Crippen molar-refractivity contribution in [1.29, 1.82) is 0 Å². The molecule has 3 aliphatic rings. The first-order valence-electron chi connectivity index (χ1n) is 13.5. The van der Waals surface area contributed by atoms with Crippen molar-refractivity contribution in [2.75, 3.05) is 74.6 Å². The van der Waals surface area contributed by atoms with Gasteiger partial charge in [0, 0.05) is 73.7 Å². The maximum absolute atomic E-state index is 13.7. The lowest BCUT2D eigenvalue weighted by Crippen LogP contribution is -2.48. The van der Waals surface area contributed by atoms with Gasteiger partial charge in [-0.15, -0.1) is 11.3 Å². The monoisotopic (exact) mass is 599 g/mol. The quantitative estimate of drug-likeness (QED) is 0.400. The Balaban J connectivity index is 1.22. The van der Waals surface area contributed by atoms with Crippen molar-refractivity contribution in [1.82, 2.24) is 19.8 Å². The highest BCUT2D eigenvalue weighted by atomic mass is 35.5. The molecule has 0 aliphatic carbocycles. The maximum atomic E-state index is 13.7. The van der Waals surface area contributed by atoms with Crippen LogP contribution in [0.2, 0.25) is 4.34 Å².